The molecular weight excluding hydrogens is 404 g/mol. The van der Waals surface area contributed by atoms with E-state index in [4.69, 9.17) is 21.4 Å². The first kappa shape index (κ1) is 19.2. The van der Waals surface area contributed by atoms with Gasteiger partial charge in [0.15, 0.2) is 15.0 Å². The maximum Gasteiger partial charge on any atom is 0.329 e. The molecular formula is C15H15ClN2O6S2. The Kier molecular flexibility index (Phi) is 5.56. The van der Waals surface area contributed by atoms with Gasteiger partial charge >= 0.3 is 5.97 Å². The summed E-state index contributed by atoms with van der Waals surface area (Å²) in [6.45, 7) is -1.05. The fourth-order valence-corrected chi connectivity index (χ4v) is 6.89. The Morgan fingerprint density at radius 2 is 1.96 bits per heavy atom. The molecule has 1 amide bonds. The number of rotatable bonds is 5. The molecule has 2 heterocycles. The molecule has 0 bridgehead atoms. The minimum absolute atomic E-state index is 0.0178. The van der Waals surface area contributed by atoms with Crippen molar-refractivity contribution in [2.75, 3.05) is 29.6 Å². The molecule has 11 heteroatoms. The van der Waals surface area contributed by atoms with E-state index in [1.165, 1.54) is 11.8 Å². The largest absolute Gasteiger partial charge is 0.480 e. The molecule has 0 aromatic heterocycles. The van der Waals surface area contributed by atoms with Crippen molar-refractivity contribution in [1.29, 1.82) is 0 Å². The number of halogens is 1. The van der Waals surface area contributed by atoms with Crippen LogP contribution in [0.4, 0.5) is 5.69 Å². The van der Waals surface area contributed by atoms with Gasteiger partial charge in [0, 0.05) is 16.0 Å². The van der Waals surface area contributed by atoms with Crippen LogP contribution in [0.1, 0.15) is 0 Å². The maximum absolute atomic E-state index is 12.0. The first-order chi connectivity index (χ1) is 12.2. The van der Waals surface area contributed by atoms with Gasteiger partial charge in [-0.15, -0.1) is 0 Å². The van der Waals surface area contributed by atoms with Crippen LogP contribution in [0.3, 0.4) is 0 Å². The summed E-state index contributed by atoms with van der Waals surface area (Å²) in [6, 6.07) is 6.49. The van der Waals surface area contributed by atoms with E-state index in [2.05, 4.69) is 4.99 Å². The Morgan fingerprint density at radius 3 is 2.62 bits per heavy atom. The number of benzene rings is 1. The van der Waals surface area contributed by atoms with Crippen molar-refractivity contribution in [3.63, 3.8) is 0 Å². The first-order valence-corrected chi connectivity index (χ1v) is 10.7. The molecule has 3 rings (SSSR count). The van der Waals surface area contributed by atoms with Crippen LogP contribution in [-0.4, -0.2) is 66.6 Å². The van der Waals surface area contributed by atoms with E-state index < -0.39 is 34.9 Å². The summed E-state index contributed by atoms with van der Waals surface area (Å²) < 4.78 is 28.7. The van der Waals surface area contributed by atoms with Crippen LogP contribution in [0.15, 0.2) is 29.3 Å². The van der Waals surface area contributed by atoms with Crippen LogP contribution in [0.25, 0.3) is 0 Å². The number of amidine groups is 1. The van der Waals surface area contributed by atoms with Crippen molar-refractivity contribution in [3.05, 3.63) is 29.3 Å². The summed E-state index contributed by atoms with van der Waals surface area (Å²) in [5.41, 5.74) is 0.685. The van der Waals surface area contributed by atoms with Crippen molar-refractivity contribution < 1.29 is 27.9 Å². The Labute approximate surface area is 159 Å². The van der Waals surface area contributed by atoms with Gasteiger partial charge in [-0.25, -0.2) is 13.2 Å². The normalized spacial score (nSPS) is 25.4. The number of aliphatic carboxylic acids is 1. The van der Waals surface area contributed by atoms with Gasteiger partial charge in [0.05, 0.1) is 17.5 Å². The number of carboxylic acid groups (broad SMARTS) is 1. The lowest BCUT2D eigenvalue weighted by atomic mass is 10.2. The smallest absolute Gasteiger partial charge is 0.329 e. The quantitative estimate of drug-likeness (QED) is 0.754. The summed E-state index contributed by atoms with van der Waals surface area (Å²) in [7, 11) is -3.15. The zero-order chi connectivity index (χ0) is 18.9. The highest BCUT2D eigenvalue weighted by molar-refractivity contribution is 8.16. The number of thioether (sulfide) groups is 1. The minimum Gasteiger partial charge on any atom is -0.480 e. The standard InChI is InChI=1S/C15H15ClN2O6S2/c16-9-1-3-10(4-2-9)18-11-7-26(22,23)8-12(11)25-15(18)17-13(19)5-24-6-14(20)21/h1-4,11-12H,5-8H2,(H,20,21). The number of carbonyl (C=O) groups is 2. The minimum atomic E-state index is -3.15. The lowest BCUT2D eigenvalue weighted by molar-refractivity contribution is -0.143. The third-order valence-electron chi connectivity index (χ3n) is 3.84. The Hall–Kier alpha value is -1.62. The van der Waals surface area contributed by atoms with Gasteiger partial charge in [-0.05, 0) is 24.3 Å². The predicted octanol–water partition coefficient (Wildman–Crippen LogP) is 1.04. The number of anilines is 1. The molecule has 26 heavy (non-hydrogen) atoms. The van der Waals surface area contributed by atoms with Gasteiger partial charge in [0.1, 0.15) is 13.2 Å². The van der Waals surface area contributed by atoms with E-state index in [9.17, 15) is 18.0 Å². The summed E-state index contributed by atoms with van der Waals surface area (Å²) >= 11 is 7.14. The Morgan fingerprint density at radius 1 is 1.27 bits per heavy atom. The summed E-state index contributed by atoms with van der Waals surface area (Å²) in [6.07, 6.45) is 0. The third-order valence-corrected chi connectivity index (χ3v) is 7.30. The SMILES string of the molecule is O=C(O)COCC(=O)N=C1SC2CS(=O)(=O)CC2N1c1ccc(Cl)cc1. The van der Waals surface area contributed by atoms with Crippen LogP contribution < -0.4 is 4.90 Å². The van der Waals surface area contributed by atoms with Gasteiger partial charge < -0.3 is 14.7 Å². The molecule has 2 saturated heterocycles. The molecule has 2 aliphatic heterocycles. The number of amides is 1. The van der Waals surface area contributed by atoms with E-state index in [1.54, 1.807) is 29.2 Å². The molecule has 2 unspecified atom stereocenters. The number of hydrogen-bond donors (Lipinski definition) is 1. The molecule has 0 radical (unpaired) electrons. The van der Waals surface area contributed by atoms with E-state index in [-0.39, 0.29) is 22.8 Å². The third kappa shape index (κ3) is 4.37. The topological polar surface area (TPSA) is 113 Å². The molecule has 2 aliphatic rings. The molecule has 8 nitrogen and oxygen atoms in total. The molecule has 2 fully saturated rings. The highest BCUT2D eigenvalue weighted by Gasteiger charge is 2.49. The molecule has 2 atom stereocenters. The van der Waals surface area contributed by atoms with E-state index in [1.807, 2.05) is 0 Å². The van der Waals surface area contributed by atoms with E-state index in [0.29, 0.717) is 15.9 Å². The van der Waals surface area contributed by atoms with Crippen molar-refractivity contribution >= 4 is 55.9 Å². The number of hydrogen-bond acceptors (Lipinski definition) is 6. The molecule has 1 aromatic rings. The average molecular weight is 419 g/mol. The van der Waals surface area contributed by atoms with Crippen molar-refractivity contribution in [1.82, 2.24) is 0 Å². The maximum atomic E-state index is 12.0. The van der Waals surface area contributed by atoms with E-state index in [0.717, 1.165) is 0 Å². The average Bonchev–Trinajstić information content (AvgIpc) is 2.99. The summed E-state index contributed by atoms with van der Waals surface area (Å²) in [5.74, 6) is -1.80. The fraction of sp³-hybridized carbons (Fsp3) is 0.400. The van der Waals surface area contributed by atoms with Crippen LogP contribution in [0.5, 0.6) is 0 Å². The monoisotopic (exact) mass is 418 g/mol. The second kappa shape index (κ2) is 7.55. The van der Waals surface area contributed by atoms with Gasteiger partial charge in [0.25, 0.3) is 5.91 Å². The van der Waals surface area contributed by atoms with Gasteiger partial charge in [-0.3, -0.25) is 4.79 Å². The van der Waals surface area contributed by atoms with Crippen molar-refractivity contribution in [2.45, 2.75) is 11.3 Å². The molecule has 0 spiro atoms. The lowest BCUT2D eigenvalue weighted by Gasteiger charge is -2.24. The molecule has 0 saturated carbocycles. The van der Waals surface area contributed by atoms with Crippen LogP contribution in [-0.2, 0) is 24.2 Å². The molecule has 1 N–H and O–H groups in total. The second-order valence-corrected chi connectivity index (χ2v) is 9.62. The van der Waals surface area contributed by atoms with Gasteiger partial charge in [0.2, 0.25) is 0 Å². The van der Waals surface area contributed by atoms with Gasteiger partial charge in [-0.1, -0.05) is 23.4 Å². The number of nitrogens with zero attached hydrogens (tertiary/aromatic N) is 2. The van der Waals surface area contributed by atoms with Crippen molar-refractivity contribution in [2.24, 2.45) is 4.99 Å². The predicted molar refractivity (Wildman–Crippen MR) is 98.6 cm³/mol. The number of fused-ring (bicyclic) bond motifs is 1. The highest BCUT2D eigenvalue weighted by Crippen LogP contribution is 2.41. The number of aliphatic imine (C=N–C) groups is 1. The zero-order valence-electron chi connectivity index (χ0n) is 13.4. The van der Waals surface area contributed by atoms with Crippen LogP contribution in [0.2, 0.25) is 5.02 Å². The van der Waals surface area contributed by atoms with Crippen LogP contribution in [0, 0.1) is 0 Å². The Bertz CT molecular complexity index is 855. The molecule has 1 aromatic carbocycles. The number of sulfone groups is 1. The van der Waals surface area contributed by atoms with Crippen molar-refractivity contribution in [3.8, 4) is 0 Å². The summed E-state index contributed by atoms with van der Waals surface area (Å²) in [4.78, 5) is 28.1. The molecule has 0 aliphatic carbocycles. The second-order valence-electron chi connectivity index (χ2n) is 5.82. The van der Waals surface area contributed by atoms with Gasteiger partial charge in [-0.2, -0.15) is 4.99 Å². The number of ether oxygens (including phenoxy) is 1. The first-order valence-electron chi connectivity index (χ1n) is 7.58. The van der Waals surface area contributed by atoms with Crippen LogP contribution >= 0.6 is 23.4 Å². The summed E-state index contributed by atoms with van der Waals surface area (Å²) in [5, 5.41) is 9.22. The highest BCUT2D eigenvalue weighted by atomic mass is 35.5. The molecule has 140 valence electrons. The number of carboxylic acids is 1. The zero-order valence-corrected chi connectivity index (χ0v) is 15.8. The fourth-order valence-electron chi connectivity index (χ4n) is 2.83. The van der Waals surface area contributed by atoms with E-state index >= 15 is 0 Å². The lowest BCUT2D eigenvalue weighted by Crippen LogP contribution is -2.37. The Balaban J connectivity index is 1.84. The number of carbonyl (C=O) groups excluding carboxylic acids is 1.